The summed E-state index contributed by atoms with van der Waals surface area (Å²) in [7, 11) is -0.349. The molecular weight excluding hydrogens is 521 g/mol. The molecule has 3 rings (SSSR count). The Labute approximate surface area is 218 Å². The van der Waals surface area contributed by atoms with Crippen LogP contribution in [0, 0.1) is 0 Å². The normalized spacial score (nSPS) is 11.9. The number of phosphoric acid groups is 1. The van der Waals surface area contributed by atoms with Crippen molar-refractivity contribution in [3.63, 3.8) is 0 Å². The summed E-state index contributed by atoms with van der Waals surface area (Å²) >= 11 is 0. The summed E-state index contributed by atoms with van der Waals surface area (Å²) in [5.41, 5.74) is 7.98. The van der Waals surface area contributed by atoms with E-state index in [1.54, 1.807) is 48.9 Å². The number of hydrogen-bond acceptors (Lipinski definition) is 8. The van der Waals surface area contributed by atoms with E-state index in [2.05, 4.69) is 14.5 Å². The first-order chi connectivity index (χ1) is 18.0. The van der Waals surface area contributed by atoms with Gasteiger partial charge in [-0.3, -0.25) is 19.6 Å². The van der Waals surface area contributed by atoms with Crippen molar-refractivity contribution in [2.45, 2.75) is 19.1 Å². The Kier molecular flexibility index (Phi) is 11.3. The standard InChI is InChI=1S/C18H21O8P.C6H9N3O2/c1-23-15-7-6-12(8-18(15)26-27(20,21)22)4-5-13-9-16(24-2)14(11-19)17(10-13)25-3;7-5(6(10)11)1-4-2-8-3-9-4/h4-10,19H,11H2,1-3H3,(H2,20,21,22);2-3,5H,1,7H2,(H,8,9)(H,10,11)/p+1/b5-4-;. The average Bonchev–Trinajstić information content (AvgIpc) is 3.39. The van der Waals surface area contributed by atoms with E-state index in [9.17, 15) is 14.5 Å². The molecule has 13 nitrogen and oxygen atoms in total. The fraction of sp³-hybridized carbons (Fsp3) is 0.250. The topological polar surface area (TPSA) is 208 Å². The highest BCUT2D eigenvalue weighted by Crippen LogP contribution is 2.42. The molecule has 38 heavy (non-hydrogen) atoms. The zero-order valence-corrected chi connectivity index (χ0v) is 21.8. The molecule has 8 N–H and O–H groups in total. The molecule has 0 aliphatic heterocycles. The van der Waals surface area contributed by atoms with Crippen molar-refractivity contribution in [1.29, 1.82) is 0 Å². The van der Waals surface area contributed by atoms with Crippen molar-refractivity contribution in [2.24, 2.45) is 5.73 Å². The first-order valence-electron chi connectivity index (χ1n) is 11.0. The maximum absolute atomic E-state index is 11.1. The highest BCUT2D eigenvalue weighted by molar-refractivity contribution is 7.46. The van der Waals surface area contributed by atoms with Gasteiger partial charge in [-0.15, -0.1) is 0 Å². The van der Waals surface area contributed by atoms with Gasteiger partial charge in [-0.2, -0.15) is 0 Å². The lowest BCUT2D eigenvalue weighted by atomic mass is 10.1. The molecule has 2 aromatic carbocycles. The second kappa shape index (κ2) is 14.2. The number of aliphatic hydroxyl groups is 1. The Morgan fingerprint density at radius 3 is 2.08 bits per heavy atom. The largest absolute Gasteiger partial charge is 0.524 e. The monoisotopic (exact) mass is 552 g/mol. The first kappa shape index (κ1) is 30.4. The first-order valence-corrected chi connectivity index (χ1v) is 12.5. The van der Waals surface area contributed by atoms with E-state index in [1.165, 1.54) is 27.4 Å². The van der Waals surface area contributed by atoms with Crippen molar-refractivity contribution in [3.05, 3.63) is 65.2 Å². The van der Waals surface area contributed by atoms with Crippen molar-refractivity contribution in [3.8, 4) is 23.0 Å². The summed E-state index contributed by atoms with van der Waals surface area (Å²) in [5.74, 6) is 0.109. The van der Waals surface area contributed by atoms with Gasteiger partial charge in [0, 0.05) is 6.42 Å². The number of rotatable bonds is 11. The zero-order chi connectivity index (χ0) is 28.3. The predicted molar refractivity (Wildman–Crippen MR) is 137 cm³/mol. The number of phosphoric ester groups is 1. The van der Waals surface area contributed by atoms with Gasteiger partial charge in [0.15, 0.2) is 11.5 Å². The molecule has 1 aromatic heterocycles. The van der Waals surface area contributed by atoms with E-state index in [1.807, 2.05) is 0 Å². The Morgan fingerprint density at radius 1 is 1.03 bits per heavy atom. The number of methoxy groups -OCH3 is 3. The number of aromatic amines is 2. The maximum atomic E-state index is 11.1. The van der Waals surface area contributed by atoms with Crippen LogP contribution in [0.5, 0.6) is 23.0 Å². The maximum Gasteiger partial charge on any atom is 0.524 e. The molecule has 14 heteroatoms. The summed E-state index contributed by atoms with van der Waals surface area (Å²) < 4.78 is 31.4. The Balaban J connectivity index is 0.000000384. The molecule has 1 heterocycles. The van der Waals surface area contributed by atoms with Crippen molar-refractivity contribution < 1.29 is 53.1 Å². The number of carboxylic acids is 1. The molecule has 1 atom stereocenters. The van der Waals surface area contributed by atoms with E-state index < -0.39 is 19.8 Å². The highest BCUT2D eigenvalue weighted by Gasteiger charge is 2.19. The lowest BCUT2D eigenvalue weighted by molar-refractivity contribution is -0.376. The molecule has 0 aliphatic carbocycles. The number of ether oxygens (including phenoxy) is 3. The van der Waals surface area contributed by atoms with Crippen LogP contribution >= 0.6 is 7.82 Å². The molecule has 0 radical (unpaired) electrons. The molecule has 0 saturated heterocycles. The van der Waals surface area contributed by atoms with Crippen LogP contribution in [0.2, 0.25) is 0 Å². The minimum absolute atomic E-state index is 0.0706. The zero-order valence-electron chi connectivity index (χ0n) is 21.0. The third-order valence-corrected chi connectivity index (χ3v) is 5.45. The van der Waals surface area contributed by atoms with Crippen LogP contribution in [0.4, 0.5) is 0 Å². The van der Waals surface area contributed by atoms with Crippen LogP contribution in [-0.4, -0.2) is 58.3 Å². The summed E-state index contributed by atoms with van der Waals surface area (Å²) in [5, 5.41) is 17.9. The molecular formula is C24H31N3O10P+. The Bertz CT molecular complexity index is 1250. The summed E-state index contributed by atoms with van der Waals surface area (Å²) in [6, 6.07) is 7.34. The number of nitrogens with one attached hydrogen (secondary N) is 2. The van der Waals surface area contributed by atoms with Crippen LogP contribution in [0.15, 0.2) is 42.9 Å². The van der Waals surface area contributed by atoms with Crippen LogP contribution in [0.25, 0.3) is 12.2 Å². The third-order valence-electron chi connectivity index (χ3n) is 5.02. The number of H-pyrrole nitrogens is 2. The van der Waals surface area contributed by atoms with Crippen LogP contribution < -0.4 is 29.5 Å². The molecule has 206 valence electrons. The SMILES string of the molecule is COc1ccc(/C=C\c2cc(OC)c(CO)c(OC)c2)cc1OP(=O)(O)O.NC(Cc1c[nH+]c[nH]1)C(=O)O. The second-order valence-electron chi connectivity index (χ2n) is 7.66. The van der Waals surface area contributed by atoms with Crippen molar-refractivity contribution >= 4 is 25.9 Å². The van der Waals surface area contributed by atoms with Gasteiger partial charge in [0.05, 0.1) is 33.5 Å². The van der Waals surface area contributed by atoms with Crippen LogP contribution in [0.1, 0.15) is 22.4 Å². The molecule has 0 amide bonds. The van der Waals surface area contributed by atoms with E-state index in [-0.39, 0.29) is 18.1 Å². The average molecular weight is 552 g/mol. The number of carbonyl (C=O) groups is 1. The van der Waals surface area contributed by atoms with E-state index in [4.69, 9.17) is 34.8 Å². The molecule has 0 saturated carbocycles. The summed E-state index contributed by atoms with van der Waals surface area (Å²) in [4.78, 5) is 33.9. The fourth-order valence-electron chi connectivity index (χ4n) is 3.21. The number of aromatic nitrogens is 2. The van der Waals surface area contributed by atoms with Gasteiger partial charge in [0.1, 0.15) is 29.4 Å². The van der Waals surface area contributed by atoms with E-state index >= 15 is 0 Å². The molecule has 1 unspecified atom stereocenters. The highest BCUT2D eigenvalue weighted by atomic mass is 31.2. The van der Waals surface area contributed by atoms with Gasteiger partial charge < -0.3 is 34.7 Å². The van der Waals surface area contributed by atoms with Crippen molar-refractivity contribution in [2.75, 3.05) is 21.3 Å². The molecule has 0 aliphatic rings. The van der Waals surface area contributed by atoms with Gasteiger partial charge in [-0.1, -0.05) is 18.2 Å². The Hall–Kier alpha value is -3.87. The smallest absolute Gasteiger partial charge is 0.496 e. The van der Waals surface area contributed by atoms with E-state index in [0.29, 0.717) is 29.0 Å². The number of nitrogens with two attached hydrogens (primary N) is 1. The minimum atomic E-state index is -4.72. The molecule has 0 spiro atoms. The quantitative estimate of drug-likeness (QED) is 0.149. The minimum Gasteiger partial charge on any atom is -0.496 e. The molecule has 0 fully saturated rings. The van der Waals surface area contributed by atoms with Gasteiger partial charge in [-0.25, -0.2) is 9.55 Å². The summed E-state index contributed by atoms with van der Waals surface area (Å²) in [6.07, 6.45) is 7.10. The number of aliphatic carboxylic acids is 1. The van der Waals surface area contributed by atoms with Gasteiger partial charge >= 0.3 is 13.8 Å². The van der Waals surface area contributed by atoms with Gasteiger partial charge in [0.25, 0.3) is 0 Å². The predicted octanol–water partition coefficient (Wildman–Crippen LogP) is 1.63. The number of imidazole rings is 1. The van der Waals surface area contributed by atoms with Gasteiger partial charge in [-0.05, 0) is 35.4 Å². The lowest BCUT2D eigenvalue weighted by Gasteiger charge is -2.13. The summed E-state index contributed by atoms with van der Waals surface area (Å²) in [6.45, 7) is -0.224. The molecule has 0 bridgehead atoms. The third kappa shape index (κ3) is 9.21. The van der Waals surface area contributed by atoms with E-state index in [0.717, 1.165) is 11.3 Å². The van der Waals surface area contributed by atoms with Crippen molar-refractivity contribution in [1.82, 2.24) is 4.98 Å². The van der Waals surface area contributed by atoms with Crippen LogP contribution in [0.3, 0.4) is 0 Å². The number of benzene rings is 2. The number of aliphatic hydroxyl groups excluding tert-OH is 1. The Morgan fingerprint density at radius 2 is 1.61 bits per heavy atom. The second-order valence-corrected chi connectivity index (χ2v) is 8.83. The lowest BCUT2D eigenvalue weighted by Crippen LogP contribution is -2.32. The number of hydrogen-bond donors (Lipinski definition) is 6. The molecule has 3 aromatic rings. The van der Waals surface area contributed by atoms with Gasteiger partial charge in [0.2, 0.25) is 6.33 Å². The van der Waals surface area contributed by atoms with Crippen LogP contribution in [-0.2, 0) is 22.4 Å². The fourth-order valence-corrected chi connectivity index (χ4v) is 3.60. The number of carboxylic acid groups (broad SMARTS) is 1.